The van der Waals surface area contributed by atoms with E-state index < -0.39 is 0 Å². The fourth-order valence-corrected chi connectivity index (χ4v) is 3.78. The first-order valence-electron chi connectivity index (χ1n) is 9.09. The summed E-state index contributed by atoms with van der Waals surface area (Å²) in [5.74, 6) is 1.05. The summed E-state index contributed by atoms with van der Waals surface area (Å²) in [5, 5.41) is 10.1. The van der Waals surface area contributed by atoms with Crippen molar-refractivity contribution in [3.05, 3.63) is 29.8 Å². The van der Waals surface area contributed by atoms with Gasteiger partial charge in [-0.15, -0.1) is 0 Å². The molecule has 0 radical (unpaired) electrons. The lowest BCUT2D eigenvalue weighted by Crippen LogP contribution is -2.47. The number of nitrogens with zero attached hydrogens (tertiary/aromatic N) is 3. The Morgan fingerprint density at radius 1 is 1.28 bits per heavy atom. The lowest BCUT2D eigenvalue weighted by atomic mass is 10.0. The number of β-amino-alcohol motifs (C(OH)–C–C–N with tert-alkyl or cyclic N) is 1. The third kappa shape index (κ3) is 4.51. The number of likely N-dealkylation sites (tertiary alicyclic amines) is 1. The van der Waals surface area contributed by atoms with Gasteiger partial charge in [-0.05, 0) is 31.2 Å². The molecule has 1 aromatic carbocycles. The second kappa shape index (κ2) is 8.17. The molecule has 2 saturated heterocycles. The molecule has 6 nitrogen and oxygen atoms in total. The fraction of sp³-hybridized carbons (Fsp3) is 0.632. The zero-order chi connectivity index (χ0) is 17.8. The van der Waals surface area contributed by atoms with Crippen molar-refractivity contribution in [1.29, 1.82) is 0 Å². The molecular formula is C19H29N3O3. The van der Waals surface area contributed by atoms with Gasteiger partial charge in [0.05, 0.1) is 13.2 Å². The van der Waals surface area contributed by atoms with E-state index in [1.807, 2.05) is 23.1 Å². The predicted molar refractivity (Wildman–Crippen MR) is 96.6 cm³/mol. The molecule has 2 aliphatic rings. The molecule has 2 heterocycles. The first-order valence-corrected chi connectivity index (χ1v) is 9.09. The molecule has 6 heteroatoms. The average molecular weight is 347 g/mol. The van der Waals surface area contributed by atoms with Crippen molar-refractivity contribution in [1.82, 2.24) is 14.7 Å². The molecule has 0 saturated carbocycles. The van der Waals surface area contributed by atoms with E-state index in [4.69, 9.17) is 4.74 Å². The summed E-state index contributed by atoms with van der Waals surface area (Å²) in [6, 6.07) is 8.14. The zero-order valence-electron chi connectivity index (χ0n) is 15.2. The first kappa shape index (κ1) is 18.2. The minimum absolute atomic E-state index is 0.144. The van der Waals surface area contributed by atoms with Crippen LogP contribution in [0.2, 0.25) is 0 Å². The number of carbonyl (C=O) groups excluding carboxylic acids is 1. The van der Waals surface area contributed by atoms with E-state index in [0.717, 1.165) is 37.5 Å². The normalized spacial score (nSPS) is 25.3. The van der Waals surface area contributed by atoms with Gasteiger partial charge in [0.1, 0.15) is 5.75 Å². The Balaban J connectivity index is 1.59. The van der Waals surface area contributed by atoms with Crippen LogP contribution in [0.15, 0.2) is 24.3 Å². The van der Waals surface area contributed by atoms with E-state index >= 15 is 0 Å². The van der Waals surface area contributed by atoms with Crippen LogP contribution in [0.5, 0.6) is 5.75 Å². The number of aliphatic hydroxyl groups is 1. The van der Waals surface area contributed by atoms with Gasteiger partial charge in [-0.25, -0.2) is 0 Å². The average Bonchev–Trinajstić information content (AvgIpc) is 3.01. The number of likely N-dealkylation sites (N-methyl/N-ethyl adjacent to an activating group) is 1. The van der Waals surface area contributed by atoms with Crippen LogP contribution in [0, 0.1) is 0 Å². The Hall–Kier alpha value is -1.63. The number of ether oxygens (including phenoxy) is 1. The first-order chi connectivity index (χ1) is 12.1. The maximum absolute atomic E-state index is 12.5. The van der Waals surface area contributed by atoms with Crippen LogP contribution >= 0.6 is 0 Å². The number of amides is 1. The van der Waals surface area contributed by atoms with Crippen LogP contribution in [-0.4, -0.2) is 85.2 Å². The minimum atomic E-state index is -0.338. The van der Waals surface area contributed by atoms with E-state index in [9.17, 15) is 9.90 Å². The monoisotopic (exact) mass is 347 g/mol. The van der Waals surface area contributed by atoms with Crippen molar-refractivity contribution in [3.63, 3.8) is 0 Å². The highest BCUT2D eigenvalue weighted by Crippen LogP contribution is 2.33. The molecule has 1 N–H and O–H groups in total. The van der Waals surface area contributed by atoms with Gasteiger partial charge >= 0.3 is 0 Å². The molecule has 3 rings (SSSR count). The van der Waals surface area contributed by atoms with E-state index in [1.165, 1.54) is 0 Å². The molecular weight excluding hydrogens is 318 g/mol. The van der Waals surface area contributed by atoms with Crippen molar-refractivity contribution in [2.75, 3.05) is 53.4 Å². The highest BCUT2D eigenvalue weighted by atomic mass is 16.5. The number of hydrogen-bond acceptors (Lipinski definition) is 5. The molecule has 1 aromatic rings. The van der Waals surface area contributed by atoms with Crippen LogP contribution in [-0.2, 0) is 4.79 Å². The number of benzene rings is 1. The number of carbonyl (C=O) groups is 1. The van der Waals surface area contributed by atoms with Gasteiger partial charge in [-0.3, -0.25) is 9.69 Å². The van der Waals surface area contributed by atoms with Gasteiger partial charge in [-0.1, -0.05) is 12.1 Å². The predicted octanol–water partition coefficient (Wildman–Crippen LogP) is 0.967. The molecule has 0 aromatic heterocycles. The summed E-state index contributed by atoms with van der Waals surface area (Å²) in [6.07, 6.45) is 0.877. The van der Waals surface area contributed by atoms with Crippen LogP contribution < -0.4 is 4.74 Å². The Morgan fingerprint density at radius 2 is 2.04 bits per heavy atom. The van der Waals surface area contributed by atoms with Crippen LogP contribution in [0.1, 0.15) is 24.4 Å². The highest BCUT2D eigenvalue weighted by molar-refractivity contribution is 5.76. The summed E-state index contributed by atoms with van der Waals surface area (Å²) in [6.45, 7) is 4.83. The molecule has 0 spiro atoms. The summed E-state index contributed by atoms with van der Waals surface area (Å²) in [5.41, 5.74) is 1.14. The van der Waals surface area contributed by atoms with Crippen LogP contribution in [0.3, 0.4) is 0 Å². The van der Waals surface area contributed by atoms with E-state index in [0.29, 0.717) is 25.9 Å². The maximum Gasteiger partial charge on any atom is 0.223 e. The van der Waals surface area contributed by atoms with Gasteiger partial charge in [0.25, 0.3) is 0 Å². The summed E-state index contributed by atoms with van der Waals surface area (Å²) < 4.78 is 5.32. The number of piperazine rings is 1. The van der Waals surface area contributed by atoms with Crippen LogP contribution in [0.25, 0.3) is 0 Å². The number of hydrogen-bond donors (Lipinski definition) is 1. The lowest BCUT2D eigenvalue weighted by molar-refractivity contribution is -0.133. The molecule has 2 fully saturated rings. The van der Waals surface area contributed by atoms with Crippen molar-refractivity contribution in [2.45, 2.75) is 25.0 Å². The Bertz CT molecular complexity index is 587. The molecule has 2 aliphatic heterocycles. The zero-order valence-corrected chi connectivity index (χ0v) is 15.2. The van der Waals surface area contributed by atoms with E-state index in [1.54, 1.807) is 7.11 Å². The topological polar surface area (TPSA) is 56.3 Å². The smallest absolute Gasteiger partial charge is 0.223 e. The minimum Gasteiger partial charge on any atom is -0.497 e. The molecule has 2 atom stereocenters. The molecule has 2 unspecified atom stereocenters. The molecule has 138 valence electrons. The quantitative estimate of drug-likeness (QED) is 0.860. The van der Waals surface area contributed by atoms with Gasteiger partial charge in [-0.2, -0.15) is 0 Å². The number of rotatable bonds is 5. The maximum atomic E-state index is 12.5. The van der Waals surface area contributed by atoms with E-state index in [2.05, 4.69) is 22.9 Å². The number of aliphatic hydroxyl groups excluding tert-OH is 1. The third-order valence-corrected chi connectivity index (χ3v) is 5.33. The second-order valence-electron chi connectivity index (χ2n) is 7.11. The molecule has 0 bridgehead atoms. The van der Waals surface area contributed by atoms with Crippen molar-refractivity contribution < 1.29 is 14.6 Å². The van der Waals surface area contributed by atoms with Gasteiger partial charge < -0.3 is 19.6 Å². The lowest BCUT2D eigenvalue weighted by Gasteiger charge is -2.33. The van der Waals surface area contributed by atoms with Gasteiger partial charge in [0, 0.05) is 51.7 Å². The van der Waals surface area contributed by atoms with Crippen LogP contribution in [0.4, 0.5) is 0 Å². The van der Waals surface area contributed by atoms with Crippen molar-refractivity contribution in [3.8, 4) is 5.75 Å². The summed E-state index contributed by atoms with van der Waals surface area (Å²) in [4.78, 5) is 18.9. The molecule has 0 aliphatic carbocycles. The fourth-order valence-electron chi connectivity index (χ4n) is 3.78. The molecule has 1 amide bonds. The van der Waals surface area contributed by atoms with E-state index in [-0.39, 0.29) is 18.1 Å². The standard InChI is InChI=1S/C19H29N3O3/c1-20-8-10-21(11-9-20)19(24)6-7-22-14-16(23)13-18(22)15-4-3-5-17(12-15)25-2/h3-5,12,16,18,23H,6-11,13-14H2,1-2H3. The van der Waals surface area contributed by atoms with Gasteiger partial charge in [0.2, 0.25) is 5.91 Å². The molecule has 25 heavy (non-hydrogen) atoms. The third-order valence-electron chi connectivity index (χ3n) is 5.33. The number of methoxy groups -OCH3 is 1. The van der Waals surface area contributed by atoms with Gasteiger partial charge in [0.15, 0.2) is 0 Å². The Morgan fingerprint density at radius 3 is 2.76 bits per heavy atom. The second-order valence-corrected chi connectivity index (χ2v) is 7.11. The van der Waals surface area contributed by atoms with Crippen molar-refractivity contribution in [2.24, 2.45) is 0 Å². The summed E-state index contributed by atoms with van der Waals surface area (Å²) in [7, 11) is 3.75. The largest absolute Gasteiger partial charge is 0.497 e. The Labute approximate surface area is 150 Å². The highest BCUT2D eigenvalue weighted by Gasteiger charge is 2.32. The SMILES string of the molecule is COc1cccc(C2CC(O)CN2CCC(=O)N2CCN(C)CC2)c1. The van der Waals surface area contributed by atoms with Crippen molar-refractivity contribution >= 4 is 5.91 Å². The summed E-state index contributed by atoms with van der Waals surface area (Å²) >= 11 is 0. The Kier molecular flexibility index (Phi) is 5.93.